The molecule has 0 radical (unpaired) electrons. The zero-order valence-electron chi connectivity index (χ0n) is 14.5. The molecule has 1 aliphatic rings. The van der Waals surface area contributed by atoms with Crippen LogP contribution in [-0.2, 0) is 6.54 Å². The van der Waals surface area contributed by atoms with Crippen LogP contribution < -0.4 is 0 Å². The molecule has 0 atom stereocenters. The Morgan fingerprint density at radius 1 is 0.962 bits per heavy atom. The maximum absolute atomic E-state index is 12.4. The SMILES string of the molecule is CCn1c(SCCCN2C(=O)c3ccccc3C2=O)nc2ccccc21. The fourth-order valence-corrected chi connectivity index (χ4v) is 4.30. The van der Waals surface area contributed by atoms with Gasteiger partial charge >= 0.3 is 0 Å². The van der Waals surface area contributed by atoms with Gasteiger partial charge in [0, 0.05) is 18.8 Å². The normalized spacial score (nSPS) is 13.7. The van der Waals surface area contributed by atoms with Crippen molar-refractivity contribution in [2.75, 3.05) is 12.3 Å². The number of amides is 2. The van der Waals surface area contributed by atoms with E-state index in [1.54, 1.807) is 36.0 Å². The van der Waals surface area contributed by atoms with Gasteiger partial charge in [0.1, 0.15) is 0 Å². The molecule has 6 heteroatoms. The number of aryl methyl sites for hydroxylation is 1. The fraction of sp³-hybridized carbons (Fsp3) is 0.250. The predicted molar refractivity (Wildman–Crippen MR) is 103 cm³/mol. The summed E-state index contributed by atoms with van der Waals surface area (Å²) in [5, 5.41) is 0.982. The molecule has 0 fully saturated rings. The van der Waals surface area contributed by atoms with E-state index in [0.717, 1.165) is 34.9 Å². The largest absolute Gasteiger partial charge is 0.319 e. The maximum atomic E-state index is 12.4. The number of carbonyl (C=O) groups is 2. The number of aromatic nitrogens is 2. The molecule has 2 aromatic carbocycles. The number of rotatable bonds is 6. The number of carbonyl (C=O) groups excluding carboxylic acids is 2. The van der Waals surface area contributed by atoms with Crippen molar-refractivity contribution >= 4 is 34.6 Å². The summed E-state index contributed by atoms with van der Waals surface area (Å²) in [4.78, 5) is 30.8. The van der Waals surface area contributed by atoms with E-state index in [0.29, 0.717) is 17.7 Å². The fourth-order valence-electron chi connectivity index (χ4n) is 3.30. The number of imide groups is 1. The van der Waals surface area contributed by atoms with Gasteiger partial charge < -0.3 is 4.57 Å². The van der Waals surface area contributed by atoms with Crippen molar-refractivity contribution in [3.8, 4) is 0 Å². The van der Waals surface area contributed by atoms with Crippen LogP contribution in [0.25, 0.3) is 11.0 Å². The first-order valence-electron chi connectivity index (χ1n) is 8.74. The molecule has 0 saturated carbocycles. The topological polar surface area (TPSA) is 55.2 Å². The van der Waals surface area contributed by atoms with Crippen LogP contribution in [0.1, 0.15) is 34.1 Å². The van der Waals surface area contributed by atoms with Gasteiger partial charge in [0.05, 0.1) is 22.2 Å². The number of nitrogens with zero attached hydrogens (tertiary/aromatic N) is 3. The second-order valence-electron chi connectivity index (χ2n) is 6.14. The Kier molecular flexibility index (Phi) is 4.51. The maximum Gasteiger partial charge on any atom is 0.261 e. The van der Waals surface area contributed by atoms with Crippen LogP contribution in [0.5, 0.6) is 0 Å². The quantitative estimate of drug-likeness (QED) is 0.378. The van der Waals surface area contributed by atoms with Gasteiger partial charge in [0.25, 0.3) is 11.8 Å². The summed E-state index contributed by atoms with van der Waals surface area (Å²) < 4.78 is 2.20. The molecule has 0 aliphatic carbocycles. The molecular weight excluding hydrogens is 346 g/mol. The summed E-state index contributed by atoms with van der Waals surface area (Å²) in [5.41, 5.74) is 3.16. The third-order valence-corrected chi connectivity index (χ3v) is 5.63. The van der Waals surface area contributed by atoms with Crippen LogP contribution in [-0.4, -0.2) is 38.6 Å². The van der Waals surface area contributed by atoms with E-state index in [1.165, 1.54) is 4.90 Å². The summed E-state index contributed by atoms with van der Waals surface area (Å²) in [6.45, 7) is 3.41. The van der Waals surface area contributed by atoms with E-state index in [4.69, 9.17) is 4.98 Å². The number of hydrogen-bond acceptors (Lipinski definition) is 4. The van der Waals surface area contributed by atoms with Crippen molar-refractivity contribution < 1.29 is 9.59 Å². The molecule has 3 aromatic rings. The molecule has 132 valence electrons. The van der Waals surface area contributed by atoms with Gasteiger partial charge in [0.2, 0.25) is 0 Å². The molecule has 0 N–H and O–H groups in total. The van der Waals surface area contributed by atoms with Crippen LogP contribution in [0.4, 0.5) is 0 Å². The lowest BCUT2D eigenvalue weighted by Crippen LogP contribution is -2.31. The molecule has 2 amide bonds. The highest BCUT2D eigenvalue weighted by atomic mass is 32.2. The van der Waals surface area contributed by atoms with Crippen LogP contribution in [0, 0.1) is 0 Å². The summed E-state index contributed by atoms with van der Waals surface area (Å²) in [7, 11) is 0. The van der Waals surface area contributed by atoms with Crippen molar-refractivity contribution in [2.24, 2.45) is 0 Å². The number of benzene rings is 2. The molecule has 0 unspecified atom stereocenters. The van der Waals surface area contributed by atoms with Gasteiger partial charge in [-0.3, -0.25) is 14.5 Å². The number of para-hydroxylation sites is 2. The Balaban J connectivity index is 1.39. The minimum atomic E-state index is -0.184. The first kappa shape index (κ1) is 16.8. The third-order valence-electron chi connectivity index (χ3n) is 4.57. The zero-order chi connectivity index (χ0) is 18.1. The Morgan fingerprint density at radius 3 is 2.31 bits per heavy atom. The molecule has 4 rings (SSSR count). The molecular formula is C20H19N3O2S. The average Bonchev–Trinajstić information content (AvgIpc) is 3.15. The molecule has 1 aromatic heterocycles. The van der Waals surface area contributed by atoms with Gasteiger partial charge in [-0.1, -0.05) is 36.0 Å². The monoisotopic (exact) mass is 365 g/mol. The van der Waals surface area contributed by atoms with E-state index in [-0.39, 0.29) is 11.8 Å². The Hall–Kier alpha value is -2.60. The summed E-state index contributed by atoms with van der Waals surface area (Å²) in [5.74, 6) is 0.435. The predicted octanol–water partition coefficient (Wildman–Crippen LogP) is 3.83. The number of thioether (sulfide) groups is 1. The van der Waals surface area contributed by atoms with Gasteiger partial charge in [-0.25, -0.2) is 4.98 Å². The number of imidazole rings is 1. The Bertz CT molecular complexity index is 961. The van der Waals surface area contributed by atoms with Crippen LogP contribution >= 0.6 is 11.8 Å². The van der Waals surface area contributed by atoms with E-state index in [1.807, 2.05) is 18.2 Å². The van der Waals surface area contributed by atoms with E-state index < -0.39 is 0 Å². The lowest BCUT2D eigenvalue weighted by molar-refractivity contribution is 0.0655. The van der Waals surface area contributed by atoms with E-state index in [9.17, 15) is 9.59 Å². The van der Waals surface area contributed by atoms with Crippen LogP contribution in [0.3, 0.4) is 0 Å². The number of fused-ring (bicyclic) bond motifs is 2. The van der Waals surface area contributed by atoms with Crippen molar-refractivity contribution in [1.82, 2.24) is 14.5 Å². The van der Waals surface area contributed by atoms with E-state index in [2.05, 4.69) is 17.6 Å². The summed E-state index contributed by atoms with van der Waals surface area (Å²) in [6, 6.07) is 15.1. The summed E-state index contributed by atoms with van der Waals surface area (Å²) in [6.07, 6.45) is 0.739. The molecule has 1 aliphatic heterocycles. The van der Waals surface area contributed by atoms with Crippen LogP contribution in [0.2, 0.25) is 0 Å². The standard InChI is InChI=1S/C20H19N3O2S/c1-2-22-17-11-6-5-10-16(17)21-20(22)26-13-7-12-23-18(24)14-8-3-4-9-15(14)19(23)25/h3-6,8-11H,2,7,12-13H2,1H3. The minimum Gasteiger partial charge on any atom is -0.319 e. The summed E-state index contributed by atoms with van der Waals surface area (Å²) >= 11 is 1.67. The smallest absolute Gasteiger partial charge is 0.261 e. The molecule has 2 heterocycles. The average molecular weight is 365 g/mol. The van der Waals surface area contributed by atoms with Crippen molar-refractivity contribution in [2.45, 2.75) is 25.0 Å². The molecule has 26 heavy (non-hydrogen) atoms. The van der Waals surface area contributed by atoms with Crippen LogP contribution in [0.15, 0.2) is 53.7 Å². The molecule has 0 saturated heterocycles. The van der Waals surface area contributed by atoms with Crippen molar-refractivity contribution in [3.63, 3.8) is 0 Å². The first-order chi connectivity index (χ1) is 12.7. The first-order valence-corrected chi connectivity index (χ1v) is 9.72. The molecule has 0 spiro atoms. The highest BCUT2D eigenvalue weighted by Gasteiger charge is 2.34. The molecule has 5 nitrogen and oxygen atoms in total. The lowest BCUT2D eigenvalue weighted by atomic mass is 10.1. The number of hydrogen-bond donors (Lipinski definition) is 0. The van der Waals surface area contributed by atoms with Crippen molar-refractivity contribution in [3.05, 3.63) is 59.7 Å². The van der Waals surface area contributed by atoms with E-state index >= 15 is 0 Å². The highest BCUT2D eigenvalue weighted by Crippen LogP contribution is 2.26. The lowest BCUT2D eigenvalue weighted by Gasteiger charge is -2.13. The van der Waals surface area contributed by atoms with Gasteiger partial charge in [-0.2, -0.15) is 0 Å². The van der Waals surface area contributed by atoms with Gasteiger partial charge in [-0.05, 0) is 37.6 Å². The highest BCUT2D eigenvalue weighted by molar-refractivity contribution is 7.99. The van der Waals surface area contributed by atoms with Gasteiger partial charge in [-0.15, -0.1) is 0 Å². The Labute approximate surface area is 156 Å². The minimum absolute atomic E-state index is 0.184. The van der Waals surface area contributed by atoms with Gasteiger partial charge in [0.15, 0.2) is 5.16 Å². The van der Waals surface area contributed by atoms with Crippen molar-refractivity contribution in [1.29, 1.82) is 0 Å². The second kappa shape index (κ2) is 6.96. The zero-order valence-corrected chi connectivity index (χ0v) is 15.3. The second-order valence-corrected chi connectivity index (χ2v) is 7.20. The Morgan fingerprint density at radius 2 is 1.62 bits per heavy atom. The third kappa shape index (κ3) is 2.80. The molecule has 0 bridgehead atoms.